The predicted octanol–water partition coefficient (Wildman–Crippen LogP) is 6.52. The highest BCUT2D eigenvalue weighted by molar-refractivity contribution is 6.39. The highest BCUT2D eigenvalue weighted by Crippen LogP contribution is 2.37. The highest BCUT2D eigenvalue weighted by atomic mass is 16.6. The summed E-state index contributed by atoms with van der Waals surface area (Å²) in [4.78, 5) is 66.2. The van der Waals surface area contributed by atoms with E-state index < -0.39 is 71.7 Å². The van der Waals surface area contributed by atoms with E-state index in [0.29, 0.717) is 56.6 Å². The molecule has 15 heteroatoms. The molecule has 14 atom stereocenters. The fourth-order valence-electron chi connectivity index (χ4n) is 9.86. The molecular formula is C53H83NO14. The van der Waals surface area contributed by atoms with E-state index in [1.807, 2.05) is 57.2 Å². The number of hydrogen-bond acceptors (Lipinski definition) is 13. The SMILES string of the molecule is CO[C@@H](C[C@@H]1CC[C@@H](C)[C@](O)(C(=O)C(=O)N2CCCC[C@H]2C(=O)O)O1)/C(C)=C/C=C/C=C/[C@@H](C)C[C@@H](C)C(=O)[C@H](OC)C(O)/C(C)=C/[C@@H](C)C(=O)C=C[C@H](C)C[C@@H]1CC[C@@H](OCCO)[C@H](OC)C1. The quantitative estimate of drug-likeness (QED) is 0.0299. The molecule has 15 nitrogen and oxygen atoms in total. The van der Waals surface area contributed by atoms with Gasteiger partial charge in [0.1, 0.15) is 18.2 Å². The zero-order valence-electron chi connectivity index (χ0n) is 42.3. The topological polar surface area (TPSA) is 216 Å². The molecule has 2 aliphatic heterocycles. The van der Waals surface area contributed by atoms with Crippen molar-refractivity contribution in [2.45, 2.75) is 168 Å². The molecule has 2 saturated heterocycles. The maximum absolute atomic E-state index is 13.6. The lowest BCUT2D eigenvalue weighted by Crippen LogP contribution is -2.60. The van der Waals surface area contributed by atoms with Gasteiger partial charge in [-0.3, -0.25) is 19.2 Å². The number of aliphatic hydroxyl groups excluding tert-OH is 2. The number of aliphatic hydroxyl groups is 3. The van der Waals surface area contributed by atoms with Crippen molar-refractivity contribution >= 4 is 29.2 Å². The van der Waals surface area contributed by atoms with Crippen LogP contribution in [-0.4, -0.2) is 144 Å². The number of ketones is 3. The van der Waals surface area contributed by atoms with Crippen LogP contribution in [0.15, 0.2) is 59.8 Å². The van der Waals surface area contributed by atoms with Crippen LogP contribution in [0.25, 0.3) is 0 Å². The first kappa shape index (κ1) is 58.6. The average molecular weight is 958 g/mol. The second kappa shape index (κ2) is 28.9. The van der Waals surface area contributed by atoms with E-state index in [1.54, 1.807) is 47.1 Å². The summed E-state index contributed by atoms with van der Waals surface area (Å²) >= 11 is 0. The van der Waals surface area contributed by atoms with Crippen LogP contribution < -0.4 is 0 Å². The Hall–Kier alpha value is -3.67. The summed E-state index contributed by atoms with van der Waals surface area (Å²) in [6.07, 6.45) is 18.2. The normalized spacial score (nSPS) is 28.6. The largest absolute Gasteiger partial charge is 0.480 e. The Labute approximate surface area is 405 Å². The number of amides is 1. The molecule has 3 fully saturated rings. The Kier molecular flexibility index (Phi) is 24.9. The molecule has 3 rings (SSSR count). The van der Waals surface area contributed by atoms with Crippen LogP contribution in [0.4, 0.5) is 0 Å². The molecule has 0 aromatic rings. The number of carboxylic acids is 1. The monoisotopic (exact) mass is 958 g/mol. The van der Waals surface area contributed by atoms with E-state index in [1.165, 1.54) is 7.11 Å². The molecule has 1 aliphatic carbocycles. The van der Waals surface area contributed by atoms with E-state index in [4.69, 9.17) is 28.8 Å². The maximum Gasteiger partial charge on any atom is 0.326 e. The molecule has 2 heterocycles. The molecule has 1 unspecified atom stereocenters. The van der Waals surface area contributed by atoms with Gasteiger partial charge in [-0.2, -0.15) is 0 Å². The van der Waals surface area contributed by atoms with E-state index in [9.17, 15) is 39.3 Å². The molecule has 384 valence electrons. The first-order valence-electron chi connectivity index (χ1n) is 24.7. The molecule has 0 radical (unpaired) electrons. The van der Waals surface area contributed by atoms with Gasteiger partial charge in [0, 0.05) is 52.0 Å². The second-order valence-electron chi connectivity index (χ2n) is 19.6. The van der Waals surface area contributed by atoms with Crippen LogP contribution in [-0.2, 0) is 47.7 Å². The third-order valence-corrected chi connectivity index (χ3v) is 14.1. The Morgan fingerprint density at radius 1 is 0.853 bits per heavy atom. The molecule has 4 N–H and O–H groups in total. The summed E-state index contributed by atoms with van der Waals surface area (Å²) in [5, 5.41) is 41.5. The van der Waals surface area contributed by atoms with Gasteiger partial charge in [0.2, 0.25) is 5.79 Å². The number of hydrogen-bond donors (Lipinski definition) is 4. The van der Waals surface area contributed by atoms with Gasteiger partial charge in [-0.05, 0) is 113 Å². The third-order valence-electron chi connectivity index (χ3n) is 14.1. The Balaban J connectivity index is 1.50. The zero-order valence-corrected chi connectivity index (χ0v) is 42.3. The number of allylic oxidation sites excluding steroid dienone is 8. The summed E-state index contributed by atoms with van der Waals surface area (Å²) in [5.41, 5.74) is 1.35. The van der Waals surface area contributed by atoms with Crippen molar-refractivity contribution in [1.29, 1.82) is 0 Å². The molecule has 0 aromatic carbocycles. The van der Waals surface area contributed by atoms with Crippen molar-refractivity contribution in [2.24, 2.45) is 35.5 Å². The van der Waals surface area contributed by atoms with Crippen LogP contribution in [0.2, 0.25) is 0 Å². The number of carbonyl (C=O) groups excluding carboxylic acids is 4. The minimum Gasteiger partial charge on any atom is -0.480 e. The zero-order chi connectivity index (χ0) is 50.7. The molecule has 1 saturated carbocycles. The van der Waals surface area contributed by atoms with Crippen molar-refractivity contribution in [3.8, 4) is 0 Å². The number of aliphatic carboxylic acids is 1. The smallest absolute Gasteiger partial charge is 0.326 e. The summed E-state index contributed by atoms with van der Waals surface area (Å²) in [6.45, 7) is 13.3. The number of carboxylic acid groups (broad SMARTS) is 1. The Morgan fingerprint density at radius 2 is 1.57 bits per heavy atom. The maximum atomic E-state index is 13.6. The summed E-state index contributed by atoms with van der Waals surface area (Å²) in [5.74, 6) is -7.06. The van der Waals surface area contributed by atoms with Gasteiger partial charge in [0.25, 0.3) is 11.7 Å². The number of nitrogens with zero attached hydrogens (tertiary/aromatic N) is 1. The van der Waals surface area contributed by atoms with Gasteiger partial charge in [-0.15, -0.1) is 0 Å². The summed E-state index contributed by atoms with van der Waals surface area (Å²) < 4.78 is 28.7. The number of ether oxygens (including phenoxy) is 5. The molecule has 0 aromatic heterocycles. The van der Waals surface area contributed by atoms with Gasteiger partial charge < -0.3 is 49.0 Å². The van der Waals surface area contributed by atoms with E-state index in [-0.39, 0.29) is 55.2 Å². The number of rotatable bonds is 27. The van der Waals surface area contributed by atoms with Crippen molar-refractivity contribution in [3.63, 3.8) is 0 Å². The van der Waals surface area contributed by atoms with Crippen molar-refractivity contribution in [2.75, 3.05) is 41.1 Å². The number of methoxy groups -OCH3 is 3. The van der Waals surface area contributed by atoms with Crippen molar-refractivity contribution in [3.05, 3.63) is 59.8 Å². The Bertz CT molecular complexity index is 1810. The first-order valence-corrected chi connectivity index (χ1v) is 24.7. The minimum atomic E-state index is -2.38. The highest BCUT2D eigenvalue weighted by Gasteiger charge is 2.52. The predicted molar refractivity (Wildman–Crippen MR) is 258 cm³/mol. The van der Waals surface area contributed by atoms with Crippen LogP contribution in [0.5, 0.6) is 0 Å². The number of piperidine rings is 1. The van der Waals surface area contributed by atoms with Gasteiger partial charge in [-0.25, -0.2) is 4.79 Å². The lowest BCUT2D eigenvalue weighted by atomic mass is 9.80. The number of Topliss-reactive ketones (excluding diaryl/α,β-unsaturated/α-hetero) is 2. The lowest BCUT2D eigenvalue weighted by molar-refractivity contribution is -0.265. The van der Waals surface area contributed by atoms with Gasteiger partial charge in [0.15, 0.2) is 11.6 Å². The van der Waals surface area contributed by atoms with Crippen LogP contribution in [0.1, 0.15) is 119 Å². The standard InChI is InChI=1S/C53H83NO14/c1-33(16-12-11-13-17-35(3)45(64-8)32-41-22-20-39(7)53(63,68-41)50(59)51(60)54-25-15-14-18-42(54)52(61)62)28-37(5)47(57)49(66-10)48(58)38(6)30-36(4)43(56)23-19-34(2)29-40-21-24-44(67-27-26-55)46(31-40)65-9/h11-13,16-17,19,23,30,33-34,36-37,39-42,44-46,48-49,55,58,63H,14-15,18,20-22,24-29,31-32H2,1-10H3,(H,61,62)/b13-11+,16-12+,23-19?,35-17+,38-30+/t33-,34+,36-,37-,39-,40+,41+,42+,44-,45+,46-,48?,49+,53-/m1/s1. The Morgan fingerprint density at radius 3 is 2.22 bits per heavy atom. The number of likely N-dealkylation sites (tertiary alicyclic amines) is 1. The average Bonchev–Trinajstić information content (AvgIpc) is 3.32. The molecule has 1 amide bonds. The fourth-order valence-corrected chi connectivity index (χ4v) is 9.86. The molecule has 3 aliphatic rings. The van der Waals surface area contributed by atoms with Crippen LogP contribution in [0, 0.1) is 35.5 Å². The minimum absolute atomic E-state index is 0.0138. The number of carbonyl (C=O) groups is 5. The van der Waals surface area contributed by atoms with Gasteiger partial charge in [-0.1, -0.05) is 77.2 Å². The van der Waals surface area contributed by atoms with Crippen LogP contribution >= 0.6 is 0 Å². The van der Waals surface area contributed by atoms with Crippen molar-refractivity contribution < 1.29 is 68.1 Å². The van der Waals surface area contributed by atoms with Crippen LogP contribution in [0.3, 0.4) is 0 Å². The molecular weight excluding hydrogens is 875 g/mol. The molecule has 68 heavy (non-hydrogen) atoms. The third kappa shape index (κ3) is 17.0. The molecule has 0 bridgehead atoms. The summed E-state index contributed by atoms with van der Waals surface area (Å²) in [6, 6.07) is -1.12. The van der Waals surface area contributed by atoms with E-state index in [2.05, 4.69) is 6.92 Å². The lowest BCUT2D eigenvalue weighted by Gasteiger charge is -2.42. The van der Waals surface area contributed by atoms with E-state index >= 15 is 0 Å². The van der Waals surface area contributed by atoms with Gasteiger partial charge >= 0.3 is 5.97 Å². The van der Waals surface area contributed by atoms with E-state index in [0.717, 1.165) is 36.2 Å². The second-order valence-corrected chi connectivity index (χ2v) is 19.6. The van der Waals surface area contributed by atoms with Crippen molar-refractivity contribution in [1.82, 2.24) is 4.90 Å². The fraction of sp³-hybridized carbons (Fsp3) is 0.717. The summed E-state index contributed by atoms with van der Waals surface area (Å²) in [7, 11) is 4.64. The first-order chi connectivity index (χ1) is 32.2. The molecule has 0 spiro atoms. The van der Waals surface area contributed by atoms with Gasteiger partial charge in [0.05, 0.1) is 37.6 Å².